The van der Waals surface area contributed by atoms with E-state index >= 15 is 0 Å². The molecule has 0 aliphatic rings. The number of carbonyl (C=O) groups excluding carboxylic acids is 1. The molecule has 3 N–H and O–H groups in total. The number of carbonyl (C=O) groups is 1. The molecule has 0 fully saturated rings. The predicted molar refractivity (Wildman–Crippen MR) is 80.2 cm³/mol. The Hall–Kier alpha value is -1.84. The molecule has 7 nitrogen and oxygen atoms in total. The minimum absolute atomic E-state index is 0.0422. The van der Waals surface area contributed by atoms with E-state index in [1.165, 1.54) is 29.7 Å². The number of nitrogens with one attached hydrogen (secondary N) is 1. The number of amides is 1. The molecule has 9 heteroatoms. The molecule has 2 aromatic heterocycles. The minimum atomic E-state index is -3.35. The van der Waals surface area contributed by atoms with Crippen molar-refractivity contribution in [3.8, 4) is 0 Å². The SMILES string of the molecule is CS(=O)(=O)c1ccc(NC(=O)c2csc(CCN)n2)cn1. The highest BCUT2D eigenvalue weighted by molar-refractivity contribution is 7.90. The van der Waals surface area contributed by atoms with E-state index in [0.29, 0.717) is 24.3 Å². The van der Waals surface area contributed by atoms with Crippen LogP contribution in [0, 0.1) is 0 Å². The number of anilines is 1. The summed E-state index contributed by atoms with van der Waals surface area (Å²) < 4.78 is 22.6. The zero-order chi connectivity index (χ0) is 15.5. The summed E-state index contributed by atoms with van der Waals surface area (Å²) in [5.41, 5.74) is 6.13. The quantitative estimate of drug-likeness (QED) is 0.835. The molecule has 0 saturated heterocycles. The summed E-state index contributed by atoms with van der Waals surface area (Å²) in [6.07, 6.45) is 2.99. The average Bonchev–Trinajstić information content (AvgIpc) is 2.87. The highest BCUT2D eigenvalue weighted by Crippen LogP contribution is 2.14. The van der Waals surface area contributed by atoms with Crippen molar-refractivity contribution >= 4 is 32.8 Å². The van der Waals surface area contributed by atoms with Crippen molar-refractivity contribution in [2.24, 2.45) is 5.73 Å². The summed E-state index contributed by atoms with van der Waals surface area (Å²) in [4.78, 5) is 19.9. The van der Waals surface area contributed by atoms with E-state index in [1.807, 2.05) is 0 Å². The number of sulfone groups is 1. The van der Waals surface area contributed by atoms with Crippen molar-refractivity contribution in [2.45, 2.75) is 11.4 Å². The maximum atomic E-state index is 12.0. The van der Waals surface area contributed by atoms with Crippen LogP contribution in [0.1, 0.15) is 15.5 Å². The summed E-state index contributed by atoms with van der Waals surface area (Å²) >= 11 is 1.37. The fraction of sp³-hybridized carbons (Fsp3) is 0.250. The molecular weight excluding hydrogens is 312 g/mol. The first-order valence-corrected chi connectivity index (χ1v) is 8.79. The van der Waals surface area contributed by atoms with Gasteiger partial charge in [-0.15, -0.1) is 11.3 Å². The predicted octanol–water partition coefficient (Wildman–Crippen LogP) is 0.695. The number of hydrogen-bond donors (Lipinski definition) is 2. The summed E-state index contributed by atoms with van der Waals surface area (Å²) in [7, 11) is -3.35. The first-order valence-electron chi connectivity index (χ1n) is 6.02. The summed E-state index contributed by atoms with van der Waals surface area (Å²) in [5, 5.41) is 5.02. The lowest BCUT2D eigenvalue weighted by molar-refractivity contribution is 0.102. The van der Waals surface area contributed by atoms with Gasteiger partial charge in [-0.25, -0.2) is 18.4 Å². The molecule has 0 radical (unpaired) electrons. The van der Waals surface area contributed by atoms with Crippen molar-refractivity contribution < 1.29 is 13.2 Å². The van der Waals surface area contributed by atoms with Crippen LogP contribution < -0.4 is 11.1 Å². The molecule has 2 aromatic rings. The van der Waals surface area contributed by atoms with Gasteiger partial charge in [0.05, 0.1) is 16.9 Å². The zero-order valence-electron chi connectivity index (χ0n) is 11.2. The van der Waals surface area contributed by atoms with Crippen LogP contribution in [0.4, 0.5) is 5.69 Å². The standard InChI is InChI=1S/C12H14N4O3S2/c1-21(18,19)11-3-2-8(6-14-11)15-12(17)9-7-20-10(16-9)4-5-13/h2-3,6-7H,4-5,13H2,1H3,(H,15,17). The van der Waals surface area contributed by atoms with E-state index in [-0.39, 0.29) is 10.9 Å². The van der Waals surface area contributed by atoms with Gasteiger partial charge >= 0.3 is 0 Å². The molecule has 0 bridgehead atoms. The Morgan fingerprint density at radius 1 is 1.43 bits per heavy atom. The molecule has 0 aliphatic heterocycles. The number of hydrogen-bond acceptors (Lipinski definition) is 7. The first kappa shape index (κ1) is 15.5. The summed E-state index contributed by atoms with van der Waals surface area (Å²) in [6, 6.07) is 2.82. The molecule has 2 heterocycles. The van der Waals surface area contributed by atoms with Crippen LogP contribution in [0.25, 0.3) is 0 Å². The second-order valence-corrected chi connectivity index (χ2v) is 7.18. The van der Waals surface area contributed by atoms with Crippen LogP contribution in [0.15, 0.2) is 28.7 Å². The van der Waals surface area contributed by atoms with Gasteiger partial charge in [0.1, 0.15) is 5.69 Å². The molecule has 0 unspecified atom stereocenters. The van der Waals surface area contributed by atoms with Gasteiger partial charge in [-0.3, -0.25) is 4.79 Å². The van der Waals surface area contributed by atoms with Gasteiger partial charge in [-0.2, -0.15) is 0 Å². The lowest BCUT2D eigenvalue weighted by Gasteiger charge is -2.03. The van der Waals surface area contributed by atoms with E-state index < -0.39 is 9.84 Å². The molecule has 0 aliphatic carbocycles. The fourth-order valence-electron chi connectivity index (χ4n) is 1.52. The Balaban J connectivity index is 2.08. The summed E-state index contributed by atoms with van der Waals surface area (Å²) in [5.74, 6) is -0.372. The smallest absolute Gasteiger partial charge is 0.275 e. The van der Waals surface area contributed by atoms with Crippen molar-refractivity contribution in [2.75, 3.05) is 18.1 Å². The van der Waals surface area contributed by atoms with Crippen molar-refractivity contribution in [3.63, 3.8) is 0 Å². The van der Waals surface area contributed by atoms with E-state index in [1.54, 1.807) is 5.38 Å². The Labute approximate surface area is 126 Å². The van der Waals surface area contributed by atoms with E-state index in [0.717, 1.165) is 11.3 Å². The maximum Gasteiger partial charge on any atom is 0.275 e. The zero-order valence-corrected chi connectivity index (χ0v) is 12.9. The molecule has 21 heavy (non-hydrogen) atoms. The highest BCUT2D eigenvalue weighted by Gasteiger charge is 2.12. The van der Waals surface area contributed by atoms with Gasteiger partial charge in [0.2, 0.25) is 0 Å². The fourth-order valence-corrected chi connectivity index (χ4v) is 2.88. The van der Waals surface area contributed by atoms with Crippen LogP contribution >= 0.6 is 11.3 Å². The van der Waals surface area contributed by atoms with Crippen LogP contribution in [0.2, 0.25) is 0 Å². The topological polar surface area (TPSA) is 115 Å². The number of thiazole rings is 1. The van der Waals surface area contributed by atoms with Crippen molar-refractivity contribution in [3.05, 3.63) is 34.4 Å². The van der Waals surface area contributed by atoms with E-state index in [4.69, 9.17) is 5.73 Å². The molecular formula is C12H14N4O3S2. The Morgan fingerprint density at radius 3 is 2.76 bits per heavy atom. The van der Waals surface area contributed by atoms with Gasteiger partial charge in [-0.05, 0) is 18.7 Å². The normalized spacial score (nSPS) is 11.3. The molecule has 1 amide bonds. The minimum Gasteiger partial charge on any atom is -0.330 e. The Bertz CT molecular complexity index is 738. The molecule has 2 rings (SSSR count). The van der Waals surface area contributed by atoms with Crippen molar-refractivity contribution in [1.82, 2.24) is 9.97 Å². The molecule has 0 aromatic carbocycles. The van der Waals surface area contributed by atoms with Crippen LogP contribution in [-0.4, -0.2) is 37.1 Å². The van der Waals surface area contributed by atoms with Crippen LogP contribution in [0.5, 0.6) is 0 Å². The molecule has 0 atom stereocenters. The molecule has 112 valence electrons. The third kappa shape index (κ3) is 4.06. The summed E-state index contributed by atoms with van der Waals surface area (Å²) in [6.45, 7) is 0.478. The van der Waals surface area contributed by atoms with E-state index in [2.05, 4.69) is 15.3 Å². The largest absolute Gasteiger partial charge is 0.330 e. The van der Waals surface area contributed by atoms with Gasteiger partial charge < -0.3 is 11.1 Å². The number of nitrogens with two attached hydrogens (primary N) is 1. The first-order chi connectivity index (χ1) is 9.90. The monoisotopic (exact) mass is 326 g/mol. The van der Waals surface area contributed by atoms with Gasteiger partial charge in [-0.1, -0.05) is 0 Å². The Kier molecular flexibility index (Phi) is 4.66. The average molecular weight is 326 g/mol. The van der Waals surface area contributed by atoms with Gasteiger partial charge in [0.25, 0.3) is 5.91 Å². The maximum absolute atomic E-state index is 12.0. The third-order valence-corrected chi connectivity index (χ3v) is 4.43. The molecule has 0 saturated carbocycles. The third-order valence-electron chi connectivity index (χ3n) is 2.52. The second-order valence-electron chi connectivity index (χ2n) is 4.28. The second kappa shape index (κ2) is 6.29. The van der Waals surface area contributed by atoms with Gasteiger partial charge in [0, 0.05) is 18.1 Å². The van der Waals surface area contributed by atoms with E-state index in [9.17, 15) is 13.2 Å². The van der Waals surface area contributed by atoms with Gasteiger partial charge in [0.15, 0.2) is 14.9 Å². The number of nitrogens with zero attached hydrogens (tertiary/aromatic N) is 2. The number of aromatic nitrogens is 2. The number of pyridine rings is 1. The molecule has 0 spiro atoms. The Morgan fingerprint density at radius 2 is 2.19 bits per heavy atom. The lowest BCUT2D eigenvalue weighted by atomic mass is 10.4. The van der Waals surface area contributed by atoms with Crippen LogP contribution in [-0.2, 0) is 16.3 Å². The lowest BCUT2D eigenvalue weighted by Crippen LogP contribution is -2.13. The highest BCUT2D eigenvalue weighted by atomic mass is 32.2. The van der Waals surface area contributed by atoms with Crippen molar-refractivity contribution in [1.29, 1.82) is 0 Å². The number of rotatable bonds is 5. The van der Waals surface area contributed by atoms with Crippen LogP contribution in [0.3, 0.4) is 0 Å².